The van der Waals surface area contributed by atoms with Gasteiger partial charge in [-0.2, -0.15) is 0 Å². The van der Waals surface area contributed by atoms with E-state index >= 15 is 0 Å². The summed E-state index contributed by atoms with van der Waals surface area (Å²) in [4.78, 5) is 9.72. The standard InChI is InChI=1S/C20H22ClN5OS/c1-2-10-26-17(12-27)24-25-20(26)28-19-15-8-3-4-9-16(15)22-18(23-19)13-6-5-7-14(21)11-13/h5-7,11,27H,2-4,8-10,12H2,1H3. The van der Waals surface area contributed by atoms with Crippen molar-refractivity contribution >= 4 is 23.4 Å². The Morgan fingerprint density at radius 2 is 2.04 bits per heavy atom. The van der Waals surface area contributed by atoms with E-state index in [1.54, 1.807) is 0 Å². The van der Waals surface area contributed by atoms with Crippen molar-refractivity contribution < 1.29 is 5.11 Å². The number of rotatable bonds is 6. The lowest BCUT2D eigenvalue weighted by molar-refractivity contribution is 0.263. The van der Waals surface area contributed by atoms with Gasteiger partial charge in [0.05, 0.1) is 0 Å². The number of aryl methyl sites for hydroxylation is 1. The first-order valence-electron chi connectivity index (χ1n) is 9.56. The Morgan fingerprint density at radius 3 is 2.82 bits per heavy atom. The molecule has 1 aliphatic carbocycles. The monoisotopic (exact) mass is 415 g/mol. The van der Waals surface area contributed by atoms with Crippen LogP contribution < -0.4 is 0 Å². The molecule has 0 unspecified atom stereocenters. The molecule has 28 heavy (non-hydrogen) atoms. The van der Waals surface area contributed by atoms with Crippen LogP contribution in [0.3, 0.4) is 0 Å². The van der Waals surface area contributed by atoms with E-state index in [0.29, 0.717) is 16.7 Å². The molecule has 3 aromatic rings. The van der Waals surface area contributed by atoms with Crippen LogP contribution in [-0.2, 0) is 26.0 Å². The second-order valence-corrected chi connectivity index (χ2v) is 8.20. The van der Waals surface area contributed by atoms with Gasteiger partial charge in [-0.25, -0.2) is 9.97 Å². The van der Waals surface area contributed by atoms with Crippen LogP contribution in [0.4, 0.5) is 0 Å². The molecule has 146 valence electrons. The first-order valence-corrected chi connectivity index (χ1v) is 10.8. The molecule has 2 heterocycles. The smallest absolute Gasteiger partial charge is 0.197 e. The molecule has 1 aromatic carbocycles. The lowest BCUT2D eigenvalue weighted by Crippen LogP contribution is -2.11. The van der Waals surface area contributed by atoms with Crippen LogP contribution in [0, 0.1) is 0 Å². The van der Waals surface area contributed by atoms with Gasteiger partial charge in [-0.3, -0.25) is 0 Å². The lowest BCUT2D eigenvalue weighted by Gasteiger charge is -2.19. The van der Waals surface area contributed by atoms with Crippen LogP contribution in [0.25, 0.3) is 11.4 Å². The fourth-order valence-electron chi connectivity index (χ4n) is 3.45. The minimum atomic E-state index is -0.122. The molecular formula is C20H22ClN5OS. The van der Waals surface area contributed by atoms with Crippen LogP contribution >= 0.6 is 23.4 Å². The fourth-order valence-corrected chi connectivity index (χ4v) is 4.67. The maximum Gasteiger partial charge on any atom is 0.197 e. The SMILES string of the molecule is CCCn1c(CO)nnc1Sc1nc(-c2cccc(Cl)c2)nc2c1CCCC2. The average molecular weight is 416 g/mol. The number of hydrogen-bond acceptors (Lipinski definition) is 6. The van der Waals surface area contributed by atoms with Crippen molar-refractivity contribution in [2.24, 2.45) is 0 Å². The summed E-state index contributed by atoms with van der Waals surface area (Å²) in [6.45, 7) is 2.74. The number of aliphatic hydroxyl groups excluding tert-OH is 1. The van der Waals surface area contributed by atoms with Gasteiger partial charge in [0.15, 0.2) is 16.8 Å². The second kappa shape index (κ2) is 8.59. The second-order valence-electron chi connectivity index (χ2n) is 6.81. The molecule has 2 aromatic heterocycles. The molecule has 0 fully saturated rings. The summed E-state index contributed by atoms with van der Waals surface area (Å²) in [5.41, 5.74) is 3.23. The molecule has 8 heteroatoms. The Kier molecular flexibility index (Phi) is 5.94. The Hall–Kier alpha value is -1.96. The summed E-state index contributed by atoms with van der Waals surface area (Å²) in [6, 6.07) is 7.64. The number of aromatic nitrogens is 5. The van der Waals surface area contributed by atoms with Crippen LogP contribution in [0.1, 0.15) is 43.3 Å². The van der Waals surface area contributed by atoms with Gasteiger partial charge in [0.25, 0.3) is 0 Å². The maximum absolute atomic E-state index is 9.56. The first kappa shape index (κ1) is 19.4. The average Bonchev–Trinajstić information content (AvgIpc) is 3.09. The Bertz CT molecular complexity index is 991. The van der Waals surface area contributed by atoms with Crippen molar-refractivity contribution in [2.45, 2.75) is 62.4 Å². The number of hydrogen-bond donors (Lipinski definition) is 1. The maximum atomic E-state index is 9.56. The highest BCUT2D eigenvalue weighted by Gasteiger charge is 2.22. The molecule has 0 saturated heterocycles. The molecule has 6 nitrogen and oxygen atoms in total. The Morgan fingerprint density at radius 1 is 1.18 bits per heavy atom. The predicted octanol–water partition coefficient (Wildman–Crippen LogP) is 4.32. The van der Waals surface area contributed by atoms with Gasteiger partial charge in [0, 0.05) is 28.4 Å². The molecule has 0 spiro atoms. The van der Waals surface area contributed by atoms with Crippen LogP contribution in [-0.4, -0.2) is 29.8 Å². The zero-order chi connectivity index (χ0) is 19.5. The normalized spacial score (nSPS) is 13.5. The summed E-state index contributed by atoms with van der Waals surface area (Å²) in [5, 5.41) is 20.4. The fraction of sp³-hybridized carbons (Fsp3) is 0.400. The molecular weight excluding hydrogens is 394 g/mol. The number of benzene rings is 1. The highest BCUT2D eigenvalue weighted by Crippen LogP contribution is 2.35. The summed E-state index contributed by atoms with van der Waals surface area (Å²) in [5.74, 6) is 1.27. The van der Waals surface area contributed by atoms with Crippen LogP contribution in [0.15, 0.2) is 34.4 Å². The first-order chi connectivity index (χ1) is 13.7. The summed E-state index contributed by atoms with van der Waals surface area (Å²) in [6.07, 6.45) is 5.16. The number of aliphatic hydroxyl groups is 1. The van der Waals surface area contributed by atoms with Gasteiger partial charge >= 0.3 is 0 Å². The molecule has 0 bridgehead atoms. The summed E-state index contributed by atoms with van der Waals surface area (Å²) >= 11 is 7.69. The van der Waals surface area contributed by atoms with Gasteiger partial charge in [0.2, 0.25) is 0 Å². The number of fused-ring (bicyclic) bond motifs is 1. The topological polar surface area (TPSA) is 76.7 Å². The molecule has 0 amide bonds. The predicted molar refractivity (Wildman–Crippen MR) is 109 cm³/mol. The van der Waals surface area contributed by atoms with E-state index in [2.05, 4.69) is 17.1 Å². The van der Waals surface area contributed by atoms with Crippen LogP contribution in [0.2, 0.25) is 5.02 Å². The Balaban J connectivity index is 1.78. The van der Waals surface area contributed by atoms with Crippen molar-refractivity contribution in [3.05, 3.63) is 46.4 Å². The lowest BCUT2D eigenvalue weighted by atomic mass is 9.97. The minimum Gasteiger partial charge on any atom is -0.388 e. The Labute approximate surface area is 173 Å². The van der Waals surface area contributed by atoms with E-state index in [0.717, 1.165) is 60.1 Å². The largest absolute Gasteiger partial charge is 0.388 e. The van der Waals surface area contributed by atoms with Crippen molar-refractivity contribution in [3.63, 3.8) is 0 Å². The molecule has 1 aliphatic rings. The van der Waals surface area contributed by atoms with E-state index in [-0.39, 0.29) is 6.61 Å². The van der Waals surface area contributed by atoms with E-state index in [1.807, 2.05) is 28.8 Å². The van der Waals surface area contributed by atoms with Crippen molar-refractivity contribution in [1.29, 1.82) is 0 Å². The zero-order valence-corrected chi connectivity index (χ0v) is 17.3. The molecule has 4 rings (SSSR count). The van der Waals surface area contributed by atoms with E-state index in [4.69, 9.17) is 21.6 Å². The molecule has 0 aliphatic heterocycles. The third kappa shape index (κ3) is 3.92. The van der Waals surface area contributed by atoms with Crippen molar-refractivity contribution in [2.75, 3.05) is 0 Å². The highest BCUT2D eigenvalue weighted by molar-refractivity contribution is 7.99. The number of halogens is 1. The van der Waals surface area contributed by atoms with Gasteiger partial charge in [-0.1, -0.05) is 30.7 Å². The van der Waals surface area contributed by atoms with Gasteiger partial charge in [0.1, 0.15) is 11.6 Å². The van der Waals surface area contributed by atoms with Gasteiger partial charge in [-0.05, 0) is 56.0 Å². The molecule has 0 saturated carbocycles. The molecule has 0 atom stereocenters. The van der Waals surface area contributed by atoms with E-state index in [1.165, 1.54) is 17.3 Å². The van der Waals surface area contributed by atoms with E-state index < -0.39 is 0 Å². The third-order valence-corrected chi connectivity index (χ3v) is 6.05. The quantitative estimate of drug-likeness (QED) is 0.604. The zero-order valence-electron chi connectivity index (χ0n) is 15.7. The highest BCUT2D eigenvalue weighted by atomic mass is 35.5. The molecule has 1 N–H and O–H groups in total. The third-order valence-electron chi connectivity index (χ3n) is 4.80. The van der Waals surface area contributed by atoms with E-state index in [9.17, 15) is 5.11 Å². The minimum absolute atomic E-state index is 0.122. The van der Waals surface area contributed by atoms with Crippen molar-refractivity contribution in [3.8, 4) is 11.4 Å². The number of nitrogens with zero attached hydrogens (tertiary/aromatic N) is 5. The van der Waals surface area contributed by atoms with Crippen molar-refractivity contribution in [1.82, 2.24) is 24.7 Å². The van der Waals surface area contributed by atoms with Gasteiger partial charge < -0.3 is 9.67 Å². The molecule has 0 radical (unpaired) electrons. The van der Waals surface area contributed by atoms with Gasteiger partial charge in [-0.15, -0.1) is 10.2 Å². The van der Waals surface area contributed by atoms with Crippen LogP contribution in [0.5, 0.6) is 0 Å². The summed E-state index contributed by atoms with van der Waals surface area (Å²) < 4.78 is 1.97. The summed E-state index contributed by atoms with van der Waals surface area (Å²) in [7, 11) is 0.